The molecule has 124 valence electrons. The van der Waals surface area contributed by atoms with Gasteiger partial charge in [-0.2, -0.15) is 0 Å². The van der Waals surface area contributed by atoms with Gasteiger partial charge in [-0.05, 0) is 42.8 Å². The van der Waals surface area contributed by atoms with Crippen molar-refractivity contribution in [2.45, 2.75) is 12.8 Å². The first kappa shape index (κ1) is 16.4. The molecule has 0 saturated heterocycles. The van der Waals surface area contributed by atoms with Crippen LogP contribution in [-0.4, -0.2) is 24.5 Å². The topological polar surface area (TPSA) is 42.4 Å². The van der Waals surface area contributed by atoms with Gasteiger partial charge in [0.05, 0.1) is 16.8 Å². The Bertz CT molecular complexity index is 799. The van der Waals surface area contributed by atoms with E-state index in [9.17, 15) is 9.18 Å². The number of halogens is 1. The number of hydrogen-bond donors (Lipinski definition) is 0. The summed E-state index contributed by atoms with van der Waals surface area (Å²) >= 11 is 1.50. The summed E-state index contributed by atoms with van der Waals surface area (Å²) in [6.07, 6.45) is 0.957. The van der Waals surface area contributed by atoms with E-state index in [1.165, 1.54) is 23.5 Å². The van der Waals surface area contributed by atoms with E-state index in [0.29, 0.717) is 30.3 Å². The molecule has 0 spiro atoms. The molecule has 1 heterocycles. The molecule has 0 unspecified atom stereocenters. The summed E-state index contributed by atoms with van der Waals surface area (Å²) in [6.45, 7) is 0.408. The molecular formula is C18H17FN2O2S. The highest BCUT2D eigenvalue weighted by Gasteiger charge is 2.14. The first-order valence-corrected chi connectivity index (χ1v) is 8.45. The third-order valence-electron chi connectivity index (χ3n) is 3.56. The highest BCUT2D eigenvalue weighted by atomic mass is 32.1. The van der Waals surface area contributed by atoms with Gasteiger partial charge in [0.15, 0.2) is 5.13 Å². The Balaban J connectivity index is 1.50. The van der Waals surface area contributed by atoms with E-state index in [2.05, 4.69) is 4.98 Å². The molecule has 0 aliphatic rings. The van der Waals surface area contributed by atoms with Gasteiger partial charge in [-0.25, -0.2) is 9.37 Å². The van der Waals surface area contributed by atoms with E-state index >= 15 is 0 Å². The van der Waals surface area contributed by atoms with E-state index in [4.69, 9.17) is 4.74 Å². The number of anilines is 1. The molecule has 1 aromatic heterocycles. The predicted molar refractivity (Wildman–Crippen MR) is 94.2 cm³/mol. The lowest BCUT2D eigenvalue weighted by Crippen LogP contribution is -2.26. The van der Waals surface area contributed by atoms with Crippen LogP contribution in [0.15, 0.2) is 48.5 Å². The van der Waals surface area contributed by atoms with E-state index in [0.717, 1.165) is 10.2 Å². The van der Waals surface area contributed by atoms with Gasteiger partial charge in [-0.15, -0.1) is 0 Å². The highest BCUT2D eigenvalue weighted by Crippen LogP contribution is 2.28. The van der Waals surface area contributed by atoms with Crippen molar-refractivity contribution in [1.29, 1.82) is 0 Å². The zero-order valence-corrected chi connectivity index (χ0v) is 14.1. The Kier molecular flexibility index (Phi) is 5.05. The number of carbonyl (C=O) groups is 1. The Morgan fingerprint density at radius 1 is 1.21 bits per heavy atom. The second kappa shape index (κ2) is 7.40. The van der Waals surface area contributed by atoms with E-state index < -0.39 is 0 Å². The van der Waals surface area contributed by atoms with Crippen LogP contribution in [0.1, 0.15) is 12.8 Å². The van der Waals surface area contributed by atoms with Gasteiger partial charge in [0, 0.05) is 13.5 Å². The first-order chi connectivity index (χ1) is 11.6. The normalized spacial score (nSPS) is 10.8. The average molecular weight is 344 g/mol. The van der Waals surface area contributed by atoms with Crippen LogP contribution in [0.5, 0.6) is 5.75 Å². The second-order valence-electron chi connectivity index (χ2n) is 5.32. The van der Waals surface area contributed by atoms with Gasteiger partial charge in [-0.3, -0.25) is 9.69 Å². The van der Waals surface area contributed by atoms with Crippen molar-refractivity contribution in [3.05, 3.63) is 54.3 Å². The summed E-state index contributed by atoms with van der Waals surface area (Å²) in [7, 11) is 1.74. The molecule has 2 aromatic carbocycles. The average Bonchev–Trinajstić information content (AvgIpc) is 3.03. The maximum atomic E-state index is 12.8. The van der Waals surface area contributed by atoms with Crippen LogP contribution in [0.2, 0.25) is 0 Å². The molecular weight excluding hydrogens is 327 g/mol. The van der Waals surface area contributed by atoms with Crippen molar-refractivity contribution in [3.8, 4) is 5.75 Å². The molecule has 4 nitrogen and oxygen atoms in total. The lowest BCUT2D eigenvalue weighted by Gasteiger charge is -2.13. The monoisotopic (exact) mass is 344 g/mol. The van der Waals surface area contributed by atoms with Gasteiger partial charge < -0.3 is 4.74 Å². The Labute approximate surface area is 143 Å². The summed E-state index contributed by atoms with van der Waals surface area (Å²) in [6, 6.07) is 13.7. The van der Waals surface area contributed by atoms with Crippen LogP contribution in [0.4, 0.5) is 9.52 Å². The Morgan fingerprint density at radius 3 is 2.71 bits per heavy atom. The first-order valence-electron chi connectivity index (χ1n) is 7.64. The fourth-order valence-electron chi connectivity index (χ4n) is 2.22. The minimum absolute atomic E-state index is 0.00300. The molecule has 0 fully saturated rings. The van der Waals surface area contributed by atoms with Crippen molar-refractivity contribution >= 4 is 32.6 Å². The van der Waals surface area contributed by atoms with Gasteiger partial charge in [0.2, 0.25) is 5.91 Å². The highest BCUT2D eigenvalue weighted by molar-refractivity contribution is 7.22. The molecule has 1 amide bonds. The smallest absolute Gasteiger partial charge is 0.228 e. The number of nitrogens with zero attached hydrogens (tertiary/aromatic N) is 2. The van der Waals surface area contributed by atoms with Crippen LogP contribution < -0.4 is 9.64 Å². The molecule has 24 heavy (non-hydrogen) atoms. The van der Waals surface area contributed by atoms with E-state index in [1.807, 2.05) is 24.3 Å². The van der Waals surface area contributed by atoms with Crippen molar-refractivity contribution in [3.63, 3.8) is 0 Å². The molecule has 0 N–H and O–H groups in total. The number of rotatable bonds is 6. The van der Waals surface area contributed by atoms with Crippen molar-refractivity contribution in [2.24, 2.45) is 0 Å². The Morgan fingerprint density at radius 2 is 1.96 bits per heavy atom. The van der Waals surface area contributed by atoms with Crippen molar-refractivity contribution < 1.29 is 13.9 Å². The standard InChI is InChI=1S/C18H17FN2O2S/c1-21(18-20-15-5-2-3-6-16(15)24-18)17(22)7-4-12-23-14-10-8-13(19)9-11-14/h2-3,5-6,8-11H,4,7,12H2,1H3. The SMILES string of the molecule is CN(C(=O)CCCOc1ccc(F)cc1)c1nc2ccccc2s1. The van der Waals surface area contributed by atoms with Crippen LogP contribution >= 0.6 is 11.3 Å². The van der Waals surface area contributed by atoms with Gasteiger partial charge in [-0.1, -0.05) is 23.5 Å². The largest absolute Gasteiger partial charge is 0.494 e. The molecule has 0 bridgehead atoms. The summed E-state index contributed by atoms with van der Waals surface area (Å²) in [5, 5.41) is 0.695. The molecule has 3 rings (SSSR count). The number of para-hydroxylation sites is 1. The second-order valence-corrected chi connectivity index (χ2v) is 6.33. The maximum absolute atomic E-state index is 12.8. The van der Waals surface area contributed by atoms with Gasteiger partial charge in [0.1, 0.15) is 11.6 Å². The summed E-state index contributed by atoms with van der Waals surface area (Å²) in [5.41, 5.74) is 0.900. The molecule has 3 aromatic rings. The zero-order chi connectivity index (χ0) is 16.9. The van der Waals surface area contributed by atoms with Crippen LogP contribution in [0.3, 0.4) is 0 Å². The molecule has 6 heteroatoms. The number of fused-ring (bicyclic) bond motifs is 1. The summed E-state index contributed by atoms with van der Waals surface area (Å²) in [4.78, 5) is 18.3. The zero-order valence-electron chi connectivity index (χ0n) is 13.2. The number of carbonyl (C=O) groups excluding carboxylic acids is 1. The summed E-state index contributed by atoms with van der Waals surface area (Å²) in [5.74, 6) is 0.301. The predicted octanol–water partition coefficient (Wildman–Crippen LogP) is 4.26. The fraction of sp³-hybridized carbons (Fsp3) is 0.222. The minimum Gasteiger partial charge on any atom is -0.494 e. The van der Waals surface area contributed by atoms with Crippen molar-refractivity contribution in [1.82, 2.24) is 4.98 Å². The van der Waals surface area contributed by atoms with Crippen LogP contribution in [-0.2, 0) is 4.79 Å². The molecule has 0 aliphatic heterocycles. The lowest BCUT2D eigenvalue weighted by molar-refractivity contribution is -0.118. The Hall–Kier alpha value is -2.47. The number of thiazole rings is 1. The quantitative estimate of drug-likeness (QED) is 0.628. The molecule has 0 radical (unpaired) electrons. The summed E-state index contributed by atoms with van der Waals surface area (Å²) < 4.78 is 19.4. The fourth-order valence-corrected chi connectivity index (χ4v) is 3.17. The molecule has 0 atom stereocenters. The minimum atomic E-state index is -0.296. The maximum Gasteiger partial charge on any atom is 0.228 e. The number of benzene rings is 2. The number of amides is 1. The van der Waals surface area contributed by atoms with Gasteiger partial charge in [0.25, 0.3) is 0 Å². The van der Waals surface area contributed by atoms with Crippen LogP contribution in [0.25, 0.3) is 10.2 Å². The lowest BCUT2D eigenvalue weighted by atomic mass is 10.3. The third kappa shape index (κ3) is 3.89. The van der Waals surface area contributed by atoms with Crippen molar-refractivity contribution in [2.75, 3.05) is 18.6 Å². The number of aromatic nitrogens is 1. The van der Waals surface area contributed by atoms with Gasteiger partial charge >= 0.3 is 0 Å². The van der Waals surface area contributed by atoms with Crippen LogP contribution in [0, 0.1) is 5.82 Å². The number of ether oxygens (including phenoxy) is 1. The third-order valence-corrected chi connectivity index (χ3v) is 4.67. The van der Waals surface area contributed by atoms with E-state index in [1.54, 1.807) is 24.1 Å². The molecule has 0 saturated carbocycles. The molecule has 0 aliphatic carbocycles. The van der Waals surface area contributed by atoms with E-state index in [-0.39, 0.29) is 11.7 Å². The number of hydrogen-bond acceptors (Lipinski definition) is 4.